The number of rotatable bonds is 11. The Labute approximate surface area is 209 Å². The number of hydrogen-bond acceptors (Lipinski definition) is 4. The number of amides is 1. The summed E-state index contributed by atoms with van der Waals surface area (Å²) in [6.07, 6.45) is 1.41. The molecule has 0 heterocycles. The Bertz CT molecular complexity index is 1090. The third-order valence-corrected chi connectivity index (χ3v) is 5.62. The molecule has 0 aliphatic heterocycles. The predicted molar refractivity (Wildman–Crippen MR) is 144 cm³/mol. The van der Waals surface area contributed by atoms with Crippen molar-refractivity contribution in [3.05, 3.63) is 95.6 Å². The first kappa shape index (κ1) is 26.0. The highest BCUT2D eigenvalue weighted by Gasteiger charge is 2.12. The predicted octanol–water partition coefficient (Wildman–Crippen LogP) is 6.49. The molecule has 0 aromatic heterocycles. The van der Waals surface area contributed by atoms with E-state index in [0.29, 0.717) is 18.9 Å². The fourth-order valence-corrected chi connectivity index (χ4v) is 3.78. The van der Waals surface area contributed by atoms with E-state index in [1.807, 2.05) is 61.5 Å². The average molecular weight is 473 g/mol. The van der Waals surface area contributed by atoms with Gasteiger partial charge in [0.1, 0.15) is 11.5 Å². The molecule has 0 spiro atoms. The Morgan fingerprint density at radius 1 is 0.829 bits per heavy atom. The lowest BCUT2D eigenvalue weighted by Gasteiger charge is -2.16. The summed E-state index contributed by atoms with van der Waals surface area (Å²) < 4.78 is 11.3. The Morgan fingerprint density at radius 2 is 1.43 bits per heavy atom. The summed E-state index contributed by atoms with van der Waals surface area (Å²) in [5.41, 5.74) is 5.59. The van der Waals surface area contributed by atoms with Crippen molar-refractivity contribution < 1.29 is 14.3 Å². The number of nitrogens with zero attached hydrogens (tertiary/aromatic N) is 1. The van der Waals surface area contributed by atoms with Crippen molar-refractivity contribution in [1.29, 1.82) is 0 Å². The second-order valence-electron chi connectivity index (χ2n) is 8.74. The van der Waals surface area contributed by atoms with Gasteiger partial charge in [-0.1, -0.05) is 61.5 Å². The van der Waals surface area contributed by atoms with E-state index in [9.17, 15) is 4.79 Å². The maximum Gasteiger partial charge on any atom is 0.412 e. The summed E-state index contributed by atoms with van der Waals surface area (Å²) in [5, 5.41) is 2.73. The first-order valence-electron chi connectivity index (χ1n) is 12.2. The maximum absolute atomic E-state index is 11.9. The Balaban J connectivity index is 1.85. The van der Waals surface area contributed by atoms with Gasteiger partial charge in [0.15, 0.2) is 0 Å². The minimum absolute atomic E-state index is 0.433. The summed E-state index contributed by atoms with van der Waals surface area (Å²) in [7, 11) is 4.13. The maximum atomic E-state index is 11.9. The molecule has 0 aliphatic rings. The fraction of sp³-hybridized carbons (Fsp3) is 0.300. The van der Waals surface area contributed by atoms with Crippen LogP contribution in [0.4, 0.5) is 4.79 Å². The summed E-state index contributed by atoms with van der Waals surface area (Å²) in [6, 6.07) is 26.3. The number of benzene rings is 3. The smallest absolute Gasteiger partial charge is 0.412 e. The standard InChI is InChI=1S/C30H36N2O3/c1-5-20-31-30(33)35-28-18-14-26(15-19-28)29(23(2)24-10-7-6-8-11-24)25-12-16-27(17-13-25)34-22-9-21-32(3)4/h6-8,10-19H,5,9,20-22H2,1-4H3,(H,31,33)/b29-23+. The van der Waals surface area contributed by atoms with E-state index in [-0.39, 0.29) is 0 Å². The molecule has 5 heteroatoms. The van der Waals surface area contributed by atoms with Gasteiger partial charge in [0.25, 0.3) is 0 Å². The number of nitrogens with one attached hydrogen (secondary N) is 1. The van der Waals surface area contributed by atoms with E-state index in [2.05, 4.69) is 55.5 Å². The second-order valence-corrected chi connectivity index (χ2v) is 8.74. The van der Waals surface area contributed by atoms with Crippen LogP contribution in [-0.4, -0.2) is 44.8 Å². The number of carbonyl (C=O) groups is 1. The molecule has 0 unspecified atom stereocenters. The molecule has 184 valence electrons. The third-order valence-electron chi connectivity index (χ3n) is 5.62. The zero-order valence-corrected chi connectivity index (χ0v) is 21.2. The summed E-state index contributed by atoms with van der Waals surface area (Å²) in [4.78, 5) is 14.1. The molecule has 1 amide bonds. The molecule has 3 aromatic carbocycles. The van der Waals surface area contributed by atoms with Crippen LogP contribution in [0.5, 0.6) is 11.5 Å². The van der Waals surface area contributed by atoms with Gasteiger partial charge in [0.05, 0.1) is 6.61 Å². The molecular weight excluding hydrogens is 436 g/mol. The van der Waals surface area contributed by atoms with Crippen LogP contribution >= 0.6 is 0 Å². The largest absolute Gasteiger partial charge is 0.494 e. The molecule has 3 aromatic rings. The van der Waals surface area contributed by atoms with Gasteiger partial charge in [-0.2, -0.15) is 0 Å². The molecule has 5 nitrogen and oxygen atoms in total. The lowest BCUT2D eigenvalue weighted by molar-refractivity contribution is 0.200. The van der Waals surface area contributed by atoms with Gasteiger partial charge < -0.3 is 19.7 Å². The van der Waals surface area contributed by atoms with Crippen LogP contribution < -0.4 is 14.8 Å². The molecule has 0 radical (unpaired) electrons. The van der Waals surface area contributed by atoms with Crippen LogP contribution in [0.2, 0.25) is 0 Å². The highest BCUT2D eigenvalue weighted by atomic mass is 16.6. The molecule has 0 saturated carbocycles. The zero-order chi connectivity index (χ0) is 25.0. The van der Waals surface area contributed by atoms with Gasteiger partial charge in [-0.25, -0.2) is 4.79 Å². The summed E-state index contributed by atoms with van der Waals surface area (Å²) in [5.74, 6) is 1.38. The molecule has 3 rings (SSSR count). The molecular formula is C30H36N2O3. The van der Waals surface area contributed by atoms with Gasteiger partial charge in [-0.15, -0.1) is 0 Å². The minimum atomic E-state index is -0.433. The van der Waals surface area contributed by atoms with Crippen LogP contribution in [0.25, 0.3) is 11.1 Å². The zero-order valence-electron chi connectivity index (χ0n) is 21.2. The van der Waals surface area contributed by atoms with Crippen LogP contribution in [0, 0.1) is 0 Å². The lowest BCUT2D eigenvalue weighted by Crippen LogP contribution is -2.27. The lowest BCUT2D eigenvalue weighted by atomic mass is 9.90. The molecule has 1 N–H and O–H groups in total. The first-order valence-corrected chi connectivity index (χ1v) is 12.2. The van der Waals surface area contributed by atoms with Crippen LogP contribution in [0.15, 0.2) is 78.9 Å². The van der Waals surface area contributed by atoms with Crippen molar-refractivity contribution in [1.82, 2.24) is 10.2 Å². The molecule has 0 bridgehead atoms. The van der Waals surface area contributed by atoms with Crippen molar-refractivity contribution in [3.63, 3.8) is 0 Å². The van der Waals surface area contributed by atoms with Crippen molar-refractivity contribution in [3.8, 4) is 11.5 Å². The average Bonchev–Trinajstić information content (AvgIpc) is 2.87. The van der Waals surface area contributed by atoms with Crippen LogP contribution in [0.3, 0.4) is 0 Å². The topological polar surface area (TPSA) is 50.8 Å². The van der Waals surface area contributed by atoms with E-state index < -0.39 is 6.09 Å². The Hall–Kier alpha value is -3.57. The highest BCUT2D eigenvalue weighted by Crippen LogP contribution is 2.33. The number of hydrogen-bond donors (Lipinski definition) is 1. The fourth-order valence-electron chi connectivity index (χ4n) is 3.78. The highest BCUT2D eigenvalue weighted by molar-refractivity contribution is 5.98. The number of carbonyl (C=O) groups excluding carboxylic acids is 1. The van der Waals surface area contributed by atoms with Crippen molar-refractivity contribution in [2.75, 3.05) is 33.8 Å². The Kier molecular flexibility index (Phi) is 9.93. The molecule has 0 atom stereocenters. The molecule has 35 heavy (non-hydrogen) atoms. The van der Waals surface area contributed by atoms with Crippen LogP contribution in [0.1, 0.15) is 43.4 Å². The quantitative estimate of drug-likeness (QED) is 0.256. The van der Waals surface area contributed by atoms with E-state index >= 15 is 0 Å². The van der Waals surface area contributed by atoms with Crippen LogP contribution in [-0.2, 0) is 0 Å². The van der Waals surface area contributed by atoms with E-state index in [1.165, 1.54) is 5.57 Å². The summed E-state index contributed by atoms with van der Waals surface area (Å²) >= 11 is 0. The SMILES string of the molecule is CCCNC(=O)Oc1ccc(/C(=C(\C)c2ccccc2)c2ccc(OCCCN(C)C)cc2)cc1. The van der Waals surface area contributed by atoms with Gasteiger partial charge >= 0.3 is 6.09 Å². The number of ether oxygens (including phenoxy) is 2. The molecule has 0 saturated heterocycles. The van der Waals surface area contributed by atoms with E-state index in [4.69, 9.17) is 9.47 Å². The molecule has 0 aliphatic carbocycles. The van der Waals surface area contributed by atoms with E-state index in [1.54, 1.807) is 0 Å². The normalized spacial score (nSPS) is 11.7. The minimum Gasteiger partial charge on any atom is -0.494 e. The second kappa shape index (κ2) is 13.4. The monoisotopic (exact) mass is 472 g/mol. The van der Waals surface area contributed by atoms with Crippen molar-refractivity contribution in [2.24, 2.45) is 0 Å². The van der Waals surface area contributed by atoms with E-state index in [0.717, 1.165) is 47.4 Å². The van der Waals surface area contributed by atoms with Gasteiger partial charge in [0, 0.05) is 13.1 Å². The first-order chi connectivity index (χ1) is 17.0. The molecule has 0 fully saturated rings. The van der Waals surface area contributed by atoms with Gasteiger partial charge in [-0.05, 0) is 86.0 Å². The van der Waals surface area contributed by atoms with Crippen molar-refractivity contribution >= 4 is 17.2 Å². The Morgan fingerprint density at radius 3 is 2.00 bits per heavy atom. The van der Waals surface area contributed by atoms with Gasteiger partial charge in [0.2, 0.25) is 0 Å². The summed E-state index contributed by atoms with van der Waals surface area (Å²) in [6.45, 7) is 6.42. The van der Waals surface area contributed by atoms with Gasteiger partial charge in [-0.3, -0.25) is 0 Å². The van der Waals surface area contributed by atoms with Crippen molar-refractivity contribution in [2.45, 2.75) is 26.7 Å². The number of allylic oxidation sites excluding steroid dienone is 1. The third kappa shape index (κ3) is 8.01.